The Balaban J connectivity index is 1.53. The van der Waals surface area contributed by atoms with Crippen molar-refractivity contribution in [1.29, 1.82) is 5.26 Å². The zero-order valence-electron chi connectivity index (χ0n) is 20.4. The number of carbonyl (C=O) groups excluding carboxylic acids is 1. The molecular formula is C23H30ClN7O4S. The lowest BCUT2D eigenvalue weighted by atomic mass is 9.91. The topological polar surface area (TPSA) is 149 Å². The second-order valence-electron chi connectivity index (χ2n) is 8.61. The minimum atomic E-state index is -3.13. The van der Waals surface area contributed by atoms with Gasteiger partial charge < -0.3 is 15.4 Å². The Morgan fingerprint density at radius 1 is 1.28 bits per heavy atom. The number of urea groups is 1. The smallest absolute Gasteiger partial charge is 0.325 e. The number of rotatable bonds is 9. The third kappa shape index (κ3) is 7.51. The molecule has 1 aliphatic heterocycles. The number of benzene rings is 1. The standard InChI is InChI=1S/C23H30ClN7O4S/c1-15(16-5-8-31(9-6-16)36(3,33)34)26-7-4-17-10-21(35-2)20(11-19(17)24)29-23(32)30-22-14-27-18(12-25)13-28-22/h10-11,13-16,26H,4-9H2,1-3H3,(H2,28,29,30,32)/t15-/m1/s1. The Hall–Kier alpha value is -2.98. The summed E-state index contributed by atoms with van der Waals surface area (Å²) < 4.78 is 30.4. The van der Waals surface area contributed by atoms with Crippen LogP contribution in [0.5, 0.6) is 5.75 Å². The van der Waals surface area contributed by atoms with Gasteiger partial charge in [-0.3, -0.25) is 5.32 Å². The quantitative estimate of drug-likeness (QED) is 0.443. The number of nitrogens with zero attached hydrogens (tertiary/aromatic N) is 4. The molecule has 13 heteroatoms. The summed E-state index contributed by atoms with van der Waals surface area (Å²) in [5.41, 5.74) is 1.40. The lowest BCUT2D eigenvalue weighted by Crippen LogP contribution is -2.44. The maximum absolute atomic E-state index is 12.4. The fraction of sp³-hybridized carbons (Fsp3) is 0.478. The summed E-state index contributed by atoms with van der Waals surface area (Å²) in [5, 5.41) is 18.0. The predicted octanol–water partition coefficient (Wildman–Crippen LogP) is 2.85. The molecule has 2 heterocycles. The maximum Gasteiger partial charge on any atom is 0.325 e. The molecule has 1 fully saturated rings. The summed E-state index contributed by atoms with van der Waals surface area (Å²) in [4.78, 5) is 20.2. The molecule has 0 spiro atoms. The monoisotopic (exact) mass is 535 g/mol. The van der Waals surface area contributed by atoms with Crippen molar-refractivity contribution in [2.45, 2.75) is 32.2 Å². The number of amides is 2. The van der Waals surface area contributed by atoms with Crippen LogP contribution < -0.4 is 20.7 Å². The van der Waals surface area contributed by atoms with E-state index in [2.05, 4.69) is 32.8 Å². The highest BCUT2D eigenvalue weighted by atomic mass is 35.5. The number of hydrogen-bond acceptors (Lipinski definition) is 8. The van der Waals surface area contributed by atoms with E-state index in [-0.39, 0.29) is 17.6 Å². The first kappa shape index (κ1) is 27.6. The van der Waals surface area contributed by atoms with Crippen molar-refractivity contribution < 1.29 is 17.9 Å². The van der Waals surface area contributed by atoms with Crippen LogP contribution in [-0.4, -0.2) is 67.8 Å². The number of carbonyl (C=O) groups is 1. The van der Waals surface area contributed by atoms with E-state index in [1.54, 1.807) is 12.1 Å². The van der Waals surface area contributed by atoms with Crippen LogP contribution in [0.25, 0.3) is 0 Å². The highest BCUT2D eigenvalue weighted by Crippen LogP contribution is 2.32. The SMILES string of the molecule is COc1cc(CCN[C@H](C)C2CCN(S(C)(=O)=O)CC2)c(Cl)cc1NC(=O)Nc1cnc(C#N)cn1. The molecular weight excluding hydrogens is 506 g/mol. The molecule has 1 aliphatic rings. The second kappa shape index (κ2) is 12.3. The first-order valence-corrected chi connectivity index (χ1v) is 13.7. The van der Waals surface area contributed by atoms with Crippen molar-refractivity contribution in [2.75, 3.05) is 43.6 Å². The largest absolute Gasteiger partial charge is 0.495 e. The molecule has 0 bridgehead atoms. The summed E-state index contributed by atoms with van der Waals surface area (Å²) in [5.74, 6) is 1.05. The average molecular weight is 536 g/mol. The van der Waals surface area contributed by atoms with Gasteiger partial charge in [0.2, 0.25) is 10.0 Å². The Kier molecular flexibility index (Phi) is 9.44. The fourth-order valence-electron chi connectivity index (χ4n) is 4.08. The van der Waals surface area contributed by atoms with Crippen LogP contribution in [0.3, 0.4) is 0 Å². The molecule has 0 radical (unpaired) electrons. The number of sulfonamides is 1. The molecule has 0 unspecified atom stereocenters. The number of nitrogens with one attached hydrogen (secondary N) is 3. The van der Waals surface area contributed by atoms with Gasteiger partial charge in [-0.2, -0.15) is 5.26 Å². The van der Waals surface area contributed by atoms with Gasteiger partial charge in [0.1, 0.15) is 11.8 Å². The maximum atomic E-state index is 12.4. The van der Waals surface area contributed by atoms with Crippen LogP contribution in [0.1, 0.15) is 31.0 Å². The van der Waals surface area contributed by atoms with Crippen molar-refractivity contribution in [3.63, 3.8) is 0 Å². The lowest BCUT2D eigenvalue weighted by Gasteiger charge is -2.34. The number of piperidine rings is 1. The van der Waals surface area contributed by atoms with Crippen molar-refractivity contribution in [3.05, 3.63) is 40.8 Å². The zero-order chi connectivity index (χ0) is 26.3. The van der Waals surface area contributed by atoms with E-state index in [4.69, 9.17) is 21.6 Å². The Labute approximate surface area is 216 Å². The van der Waals surface area contributed by atoms with Gasteiger partial charge in [0.25, 0.3) is 0 Å². The molecule has 2 aromatic rings. The molecule has 194 valence electrons. The van der Waals surface area contributed by atoms with E-state index < -0.39 is 16.1 Å². The Bertz CT molecular complexity index is 1210. The van der Waals surface area contributed by atoms with Gasteiger partial charge in [0.15, 0.2) is 11.5 Å². The van der Waals surface area contributed by atoms with Crippen molar-refractivity contribution in [3.8, 4) is 11.8 Å². The minimum Gasteiger partial charge on any atom is -0.495 e. The molecule has 1 atom stereocenters. The van der Waals surface area contributed by atoms with Gasteiger partial charge >= 0.3 is 6.03 Å². The van der Waals surface area contributed by atoms with E-state index in [9.17, 15) is 13.2 Å². The molecule has 3 rings (SSSR count). The van der Waals surface area contributed by atoms with E-state index in [0.717, 1.165) is 18.4 Å². The van der Waals surface area contributed by atoms with Gasteiger partial charge in [-0.1, -0.05) is 11.6 Å². The van der Waals surface area contributed by atoms with Crippen LogP contribution >= 0.6 is 11.6 Å². The first-order valence-electron chi connectivity index (χ1n) is 11.5. The highest BCUT2D eigenvalue weighted by molar-refractivity contribution is 7.88. The number of halogens is 1. The summed E-state index contributed by atoms with van der Waals surface area (Å²) in [6.45, 7) is 3.91. The third-order valence-electron chi connectivity index (χ3n) is 6.16. The number of aromatic nitrogens is 2. The highest BCUT2D eigenvalue weighted by Gasteiger charge is 2.27. The summed E-state index contributed by atoms with van der Waals surface area (Å²) in [6, 6.07) is 4.95. The summed E-state index contributed by atoms with van der Waals surface area (Å²) in [7, 11) is -1.62. The van der Waals surface area contributed by atoms with Crippen LogP contribution in [0.15, 0.2) is 24.5 Å². The van der Waals surface area contributed by atoms with E-state index in [1.807, 2.05) is 6.07 Å². The van der Waals surface area contributed by atoms with Crippen LogP contribution in [-0.2, 0) is 16.4 Å². The van der Waals surface area contributed by atoms with E-state index in [1.165, 1.54) is 30.1 Å². The first-order chi connectivity index (χ1) is 17.1. The predicted molar refractivity (Wildman–Crippen MR) is 138 cm³/mol. The number of ether oxygens (including phenoxy) is 1. The number of nitriles is 1. The molecule has 2 amide bonds. The molecule has 0 aliphatic carbocycles. The molecule has 3 N–H and O–H groups in total. The molecule has 0 saturated carbocycles. The molecule has 11 nitrogen and oxygen atoms in total. The number of anilines is 2. The van der Waals surface area contributed by atoms with Gasteiger partial charge in [-0.25, -0.2) is 27.5 Å². The Morgan fingerprint density at radius 2 is 2.00 bits per heavy atom. The van der Waals surface area contributed by atoms with Gasteiger partial charge in [-0.05, 0) is 56.3 Å². The number of methoxy groups -OCH3 is 1. The van der Waals surface area contributed by atoms with E-state index >= 15 is 0 Å². The van der Waals surface area contributed by atoms with Gasteiger partial charge in [0, 0.05) is 24.2 Å². The van der Waals surface area contributed by atoms with Crippen molar-refractivity contribution in [2.24, 2.45) is 5.92 Å². The minimum absolute atomic E-state index is 0.145. The van der Waals surface area contributed by atoms with Crippen LogP contribution in [0, 0.1) is 17.2 Å². The number of hydrogen-bond donors (Lipinski definition) is 3. The second-order valence-corrected chi connectivity index (χ2v) is 11.0. The normalized spacial score (nSPS) is 15.6. The van der Waals surface area contributed by atoms with Gasteiger partial charge in [-0.15, -0.1) is 0 Å². The Morgan fingerprint density at radius 3 is 2.58 bits per heavy atom. The summed E-state index contributed by atoms with van der Waals surface area (Å²) >= 11 is 6.49. The van der Waals surface area contributed by atoms with Crippen molar-refractivity contribution >= 4 is 39.2 Å². The van der Waals surface area contributed by atoms with Gasteiger partial charge in [0.05, 0.1) is 31.4 Å². The summed E-state index contributed by atoms with van der Waals surface area (Å²) in [6.07, 6.45) is 6.10. The average Bonchev–Trinajstić information content (AvgIpc) is 2.85. The molecule has 1 saturated heterocycles. The molecule has 1 aromatic heterocycles. The van der Waals surface area contributed by atoms with Crippen LogP contribution in [0.2, 0.25) is 5.02 Å². The molecule has 1 aromatic carbocycles. The van der Waals surface area contributed by atoms with E-state index in [0.29, 0.717) is 48.4 Å². The zero-order valence-corrected chi connectivity index (χ0v) is 22.0. The molecule has 36 heavy (non-hydrogen) atoms. The fourth-order valence-corrected chi connectivity index (χ4v) is 5.21. The van der Waals surface area contributed by atoms with Crippen LogP contribution in [0.4, 0.5) is 16.3 Å². The van der Waals surface area contributed by atoms with Crippen molar-refractivity contribution in [1.82, 2.24) is 19.6 Å². The lowest BCUT2D eigenvalue weighted by molar-refractivity contribution is 0.232. The third-order valence-corrected chi connectivity index (χ3v) is 7.82.